The molecule has 182 valence electrons. The molecule has 0 aliphatic carbocycles. The molecule has 0 radical (unpaired) electrons. The van der Waals surface area contributed by atoms with Gasteiger partial charge in [-0.25, -0.2) is 0 Å². The van der Waals surface area contributed by atoms with E-state index in [9.17, 15) is 4.79 Å². The van der Waals surface area contributed by atoms with E-state index < -0.39 is 5.79 Å². The van der Waals surface area contributed by atoms with E-state index in [0.29, 0.717) is 30.9 Å². The van der Waals surface area contributed by atoms with Gasteiger partial charge in [0.1, 0.15) is 0 Å². The molecule has 0 heterocycles. The van der Waals surface area contributed by atoms with Crippen LogP contribution in [0.3, 0.4) is 0 Å². The molecular weight excluding hydrogens is 414 g/mol. The maximum atomic E-state index is 13.9. The molecule has 2 aromatic carbocycles. The molecule has 0 aliphatic heterocycles. The fourth-order valence-electron chi connectivity index (χ4n) is 3.72. The van der Waals surface area contributed by atoms with Crippen molar-refractivity contribution >= 4 is 5.78 Å². The summed E-state index contributed by atoms with van der Waals surface area (Å²) in [4.78, 5) is 18.4. The van der Waals surface area contributed by atoms with Crippen molar-refractivity contribution in [3.05, 3.63) is 71.8 Å². The highest BCUT2D eigenvalue weighted by atomic mass is 16.7. The number of nitrogens with one attached hydrogen (secondary N) is 1. The highest BCUT2D eigenvalue weighted by Gasteiger charge is 2.43. The number of benzene rings is 2. The molecule has 0 aliphatic rings. The largest absolute Gasteiger partial charge is 0.338 e. The van der Waals surface area contributed by atoms with Crippen molar-refractivity contribution in [1.82, 2.24) is 15.1 Å². The molecule has 0 fully saturated rings. The molecule has 0 aromatic heterocycles. The van der Waals surface area contributed by atoms with Gasteiger partial charge in [-0.15, -0.1) is 0 Å². The summed E-state index contributed by atoms with van der Waals surface area (Å²) in [6.07, 6.45) is 0. The predicted molar refractivity (Wildman–Crippen MR) is 134 cm³/mol. The molecule has 0 spiro atoms. The molecule has 0 saturated carbocycles. The van der Waals surface area contributed by atoms with Gasteiger partial charge in [0.25, 0.3) is 5.79 Å². The third kappa shape index (κ3) is 8.02. The lowest BCUT2D eigenvalue weighted by atomic mass is 9.95. The first-order valence-electron chi connectivity index (χ1n) is 12.2. The zero-order valence-corrected chi connectivity index (χ0v) is 20.8. The molecule has 6 heteroatoms. The Morgan fingerprint density at radius 3 is 1.91 bits per heavy atom. The molecule has 0 bridgehead atoms. The van der Waals surface area contributed by atoms with Crippen LogP contribution in [0.4, 0.5) is 0 Å². The van der Waals surface area contributed by atoms with Gasteiger partial charge >= 0.3 is 0 Å². The Morgan fingerprint density at radius 1 is 0.788 bits per heavy atom. The average molecular weight is 456 g/mol. The molecule has 2 rings (SSSR count). The lowest BCUT2D eigenvalue weighted by molar-refractivity contribution is -0.210. The van der Waals surface area contributed by atoms with E-state index >= 15 is 0 Å². The Morgan fingerprint density at radius 2 is 1.33 bits per heavy atom. The van der Waals surface area contributed by atoms with Crippen molar-refractivity contribution in [1.29, 1.82) is 0 Å². The number of nitrogens with zero attached hydrogens (tertiary/aromatic N) is 2. The maximum absolute atomic E-state index is 13.9. The lowest BCUT2D eigenvalue weighted by Crippen LogP contribution is -2.45. The van der Waals surface area contributed by atoms with Crippen molar-refractivity contribution in [2.24, 2.45) is 0 Å². The number of carbonyl (C=O) groups excluding carboxylic acids is 1. The third-order valence-electron chi connectivity index (χ3n) is 5.91. The van der Waals surface area contributed by atoms with Gasteiger partial charge < -0.3 is 19.7 Å². The SMILES string of the molecule is CCN(CC)CCOC(OCCNCN(CC)CC)(C(=O)c1ccccc1)c1ccccc1. The van der Waals surface area contributed by atoms with Crippen molar-refractivity contribution in [2.45, 2.75) is 33.5 Å². The third-order valence-corrected chi connectivity index (χ3v) is 5.91. The van der Waals surface area contributed by atoms with E-state index in [-0.39, 0.29) is 5.78 Å². The highest BCUT2D eigenvalue weighted by Crippen LogP contribution is 2.32. The van der Waals surface area contributed by atoms with Gasteiger partial charge in [-0.05, 0) is 26.2 Å². The van der Waals surface area contributed by atoms with Crippen LogP contribution in [-0.2, 0) is 15.3 Å². The molecule has 33 heavy (non-hydrogen) atoms. The number of Topliss-reactive ketones (excluding diaryl/α,β-unsaturated/α-hetero) is 1. The van der Waals surface area contributed by atoms with Crippen molar-refractivity contribution in [3.8, 4) is 0 Å². The minimum atomic E-state index is -1.49. The topological polar surface area (TPSA) is 54.0 Å². The first-order valence-corrected chi connectivity index (χ1v) is 12.2. The zero-order chi connectivity index (χ0) is 23.9. The van der Waals surface area contributed by atoms with Crippen LogP contribution in [0.1, 0.15) is 43.6 Å². The maximum Gasteiger partial charge on any atom is 0.261 e. The Kier molecular flexibility index (Phi) is 12.3. The van der Waals surface area contributed by atoms with Crippen molar-refractivity contribution < 1.29 is 14.3 Å². The zero-order valence-electron chi connectivity index (χ0n) is 20.8. The number of carbonyl (C=O) groups is 1. The monoisotopic (exact) mass is 455 g/mol. The average Bonchev–Trinajstić information content (AvgIpc) is 2.88. The summed E-state index contributed by atoms with van der Waals surface area (Å²) in [5, 5.41) is 3.41. The number of hydrogen-bond donors (Lipinski definition) is 1. The summed E-state index contributed by atoms with van der Waals surface area (Å²) in [6.45, 7) is 15.2. The van der Waals surface area contributed by atoms with Gasteiger partial charge in [0.05, 0.1) is 13.2 Å². The van der Waals surface area contributed by atoms with Gasteiger partial charge in [0, 0.05) is 30.9 Å². The second-order valence-electron chi connectivity index (χ2n) is 7.86. The van der Waals surface area contributed by atoms with Crippen LogP contribution in [0.2, 0.25) is 0 Å². The Hall–Kier alpha value is -2.09. The number of rotatable bonds is 17. The van der Waals surface area contributed by atoms with Crippen LogP contribution in [0, 0.1) is 0 Å². The van der Waals surface area contributed by atoms with Crippen LogP contribution in [0.25, 0.3) is 0 Å². The second-order valence-corrected chi connectivity index (χ2v) is 7.86. The molecule has 1 atom stereocenters. The lowest BCUT2D eigenvalue weighted by Gasteiger charge is -2.34. The van der Waals surface area contributed by atoms with Crippen LogP contribution in [-0.4, -0.2) is 74.7 Å². The van der Waals surface area contributed by atoms with E-state index in [4.69, 9.17) is 9.47 Å². The summed E-state index contributed by atoms with van der Waals surface area (Å²) < 4.78 is 12.7. The van der Waals surface area contributed by atoms with Gasteiger partial charge in [-0.1, -0.05) is 88.4 Å². The van der Waals surface area contributed by atoms with Crippen LogP contribution in [0.5, 0.6) is 0 Å². The van der Waals surface area contributed by atoms with E-state index in [1.165, 1.54) is 0 Å². The number of ether oxygens (including phenoxy) is 2. The van der Waals surface area contributed by atoms with Crippen LogP contribution < -0.4 is 5.32 Å². The van der Waals surface area contributed by atoms with Crippen molar-refractivity contribution in [3.63, 3.8) is 0 Å². The fraction of sp³-hybridized carbons (Fsp3) is 0.519. The van der Waals surface area contributed by atoms with Crippen LogP contribution in [0.15, 0.2) is 60.7 Å². The minimum Gasteiger partial charge on any atom is -0.338 e. The Labute approximate surface area is 199 Å². The summed E-state index contributed by atoms with van der Waals surface area (Å²) in [7, 11) is 0. The number of ketones is 1. The van der Waals surface area contributed by atoms with Gasteiger partial charge in [-0.2, -0.15) is 0 Å². The summed E-state index contributed by atoms with van der Waals surface area (Å²) in [5.41, 5.74) is 1.28. The van der Waals surface area contributed by atoms with E-state index in [0.717, 1.165) is 39.4 Å². The standard InChI is InChI=1S/C27H41N3O3/c1-5-29(6-2)20-22-33-27(25-17-13-10-14-18-25,26(31)24-15-11-9-12-16-24)32-21-19-28-23-30(7-3)8-4/h9-18,28H,5-8,19-23H2,1-4H3. The van der Waals surface area contributed by atoms with Gasteiger partial charge in [0.15, 0.2) is 0 Å². The van der Waals surface area contributed by atoms with Crippen molar-refractivity contribution in [2.75, 3.05) is 59.2 Å². The Balaban J connectivity index is 2.26. The summed E-state index contributed by atoms with van der Waals surface area (Å²) in [6, 6.07) is 18.8. The summed E-state index contributed by atoms with van der Waals surface area (Å²) >= 11 is 0. The molecule has 2 aromatic rings. The van der Waals surface area contributed by atoms with Gasteiger partial charge in [-0.3, -0.25) is 9.69 Å². The molecule has 0 amide bonds. The van der Waals surface area contributed by atoms with Crippen LogP contribution >= 0.6 is 0 Å². The smallest absolute Gasteiger partial charge is 0.261 e. The van der Waals surface area contributed by atoms with E-state index in [1.54, 1.807) is 0 Å². The summed E-state index contributed by atoms with van der Waals surface area (Å²) in [5.74, 6) is -1.68. The second kappa shape index (κ2) is 14.9. The molecule has 1 unspecified atom stereocenters. The first kappa shape index (κ1) is 27.2. The fourth-order valence-corrected chi connectivity index (χ4v) is 3.72. The quantitative estimate of drug-likeness (QED) is 0.221. The Bertz CT molecular complexity index is 780. The number of likely N-dealkylation sites (N-methyl/N-ethyl adjacent to an activating group) is 1. The minimum absolute atomic E-state index is 0.183. The number of hydrogen-bond acceptors (Lipinski definition) is 6. The van der Waals surface area contributed by atoms with E-state index in [1.807, 2.05) is 60.7 Å². The molecule has 1 N–H and O–H groups in total. The first-order chi connectivity index (χ1) is 16.1. The highest BCUT2D eigenvalue weighted by molar-refractivity contribution is 6.02. The normalized spacial score (nSPS) is 13.4. The molecular formula is C27H41N3O3. The van der Waals surface area contributed by atoms with E-state index in [2.05, 4.69) is 42.8 Å². The van der Waals surface area contributed by atoms with Gasteiger partial charge in [0.2, 0.25) is 5.78 Å². The molecule has 6 nitrogen and oxygen atoms in total. The predicted octanol–water partition coefficient (Wildman–Crippen LogP) is 3.99. The molecule has 0 saturated heterocycles.